The summed E-state index contributed by atoms with van der Waals surface area (Å²) in [5.74, 6) is -0.0390. The van der Waals surface area contributed by atoms with Crippen LogP contribution >= 0.6 is 0 Å². The van der Waals surface area contributed by atoms with Gasteiger partial charge < -0.3 is 15.0 Å². The highest BCUT2D eigenvalue weighted by atomic mass is 16.5. The zero-order valence-electron chi connectivity index (χ0n) is 14.4. The van der Waals surface area contributed by atoms with Crippen LogP contribution in [-0.2, 0) is 14.3 Å². The number of carbonyl (C=O) groups is 3. The standard InChI is InChI=1S/C18H24N2O4/c1-12-7-13(2)10-20(9-12)17(22)11-24-18(23)15-5-4-6-16(8-15)19-14(3)21/h4-6,8,12-13H,7,9-11H2,1-3H3,(H,19,21). The van der Waals surface area contributed by atoms with E-state index in [1.165, 1.54) is 13.0 Å². The first kappa shape index (κ1) is 18.0. The maximum absolute atomic E-state index is 12.2. The Balaban J connectivity index is 1.90. The predicted molar refractivity (Wildman–Crippen MR) is 90.6 cm³/mol. The van der Waals surface area contributed by atoms with Gasteiger partial charge in [-0.2, -0.15) is 0 Å². The molecule has 2 unspecified atom stereocenters. The average Bonchev–Trinajstić information content (AvgIpc) is 2.51. The smallest absolute Gasteiger partial charge is 0.338 e. The number of esters is 1. The summed E-state index contributed by atoms with van der Waals surface area (Å²) in [6.07, 6.45) is 1.11. The SMILES string of the molecule is CC(=O)Nc1cccc(C(=O)OCC(=O)N2CC(C)CC(C)C2)c1. The third-order valence-electron chi connectivity index (χ3n) is 3.97. The van der Waals surface area contributed by atoms with Crippen LogP contribution in [0.15, 0.2) is 24.3 Å². The van der Waals surface area contributed by atoms with Gasteiger partial charge in [0.15, 0.2) is 6.61 Å². The van der Waals surface area contributed by atoms with Crippen LogP contribution in [0.1, 0.15) is 37.6 Å². The number of likely N-dealkylation sites (tertiary alicyclic amines) is 1. The van der Waals surface area contributed by atoms with E-state index in [1.54, 1.807) is 23.1 Å². The van der Waals surface area contributed by atoms with Gasteiger partial charge in [0.05, 0.1) is 5.56 Å². The molecule has 2 amide bonds. The van der Waals surface area contributed by atoms with Crippen molar-refractivity contribution in [3.05, 3.63) is 29.8 Å². The van der Waals surface area contributed by atoms with Crippen molar-refractivity contribution < 1.29 is 19.1 Å². The highest BCUT2D eigenvalue weighted by molar-refractivity contribution is 5.94. The predicted octanol–water partition coefficient (Wildman–Crippen LogP) is 2.31. The molecule has 0 radical (unpaired) electrons. The Morgan fingerprint density at radius 2 is 1.88 bits per heavy atom. The summed E-state index contributed by atoms with van der Waals surface area (Å²) in [7, 11) is 0. The first-order valence-corrected chi connectivity index (χ1v) is 8.17. The lowest BCUT2D eigenvalue weighted by atomic mass is 9.92. The number of carbonyl (C=O) groups excluding carboxylic acids is 3. The van der Waals surface area contributed by atoms with E-state index in [2.05, 4.69) is 19.2 Å². The fourth-order valence-corrected chi connectivity index (χ4v) is 3.10. The van der Waals surface area contributed by atoms with Crippen molar-refractivity contribution in [2.24, 2.45) is 11.8 Å². The third kappa shape index (κ3) is 5.08. The van der Waals surface area contributed by atoms with Crippen LogP contribution < -0.4 is 5.32 Å². The van der Waals surface area contributed by atoms with Crippen molar-refractivity contribution in [1.29, 1.82) is 0 Å². The Morgan fingerprint density at radius 1 is 1.21 bits per heavy atom. The minimum atomic E-state index is -0.575. The van der Waals surface area contributed by atoms with Gasteiger partial charge in [0.25, 0.3) is 5.91 Å². The molecule has 1 fully saturated rings. The van der Waals surface area contributed by atoms with Crippen molar-refractivity contribution in [3.63, 3.8) is 0 Å². The fraction of sp³-hybridized carbons (Fsp3) is 0.500. The molecule has 0 spiro atoms. The number of hydrogen-bond donors (Lipinski definition) is 1. The molecule has 1 aromatic rings. The van der Waals surface area contributed by atoms with Gasteiger partial charge >= 0.3 is 5.97 Å². The van der Waals surface area contributed by atoms with Crippen LogP contribution in [0.2, 0.25) is 0 Å². The second kappa shape index (κ2) is 7.95. The number of hydrogen-bond acceptors (Lipinski definition) is 4. The normalized spacial score (nSPS) is 20.4. The lowest BCUT2D eigenvalue weighted by Crippen LogP contribution is -2.44. The number of anilines is 1. The molecule has 1 heterocycles. The number of rotatable bonds is 4. The first-order valence-electron chi connectivity index (χ1n) is 8.17. The minimum Gasteiger partial charge on any atom is -0.452 e. The Morgan fingerprint density at radius 3 is 2.50 bits per heavy atom. The molecule has 0 bridgehead atoms. The van der Waals surface area contributed by atoms with E-state index in [9.17, 15) is 14.4 Å². The van der Waals surface area contributed by atoms with Gasteiger partial charge in [-0.15, -0.1) is 0 Å². The Kier molecular flexibility index (Phi) is 5.95. The van der Waals surface area contributed by atoms with Gasteiger partial charge in [-0.1, -0.05) is 19.9 Å². The average molecular weight is 332 g/mol. The summed E-state index contributed by atoms with van der Waals surface area (Å²) in [6.45, 7) is 6.79. The van der Waals surface area contributed by atoms with Crippen LogP contribution in [-0.4, -0.2) is 42.4 Å². The van der Waals surface area contributed by atoms with Gasteiger partial charge in [-0.3, -0.25) is 9.59 Å². The van der Waals surface area contributed by atoms with Crippen LogP contribution in [0.3, 0.4) is 0 Å². The number of nitrogens with zero attached hydrogens (tertiary/aromatic N) is 1. The van der Waals surface area contributed by atoms with E-state index >= 15 is 0 Å². The monoisotopic (exact) mass is 332 g/mol. The zero-order valence-corrected chi connectivity index (χ0v) is 14.4. The molecule has 1 aliphatic rings. The molecule has 6 nitrogen and oxygen atoms in total. The van der Waals surface area contributed by atoms with E-state index in [4.69, 9.17) is 4.74 Å². The zero-order chi connectivity index (χ0) is 17.7. The van der Waals surface area contributed by atoms with E-state index in [-0.39, 0.29) is 18.4 Å². The summed E-state index contributed by atoms with van der Waals surface area (Å²) in [6, 6.07) is 6.44. The molecule has 2 rings (SSSR count). The van der Waals surface area contributed by atoms with E-state index in [1.807, 2.05) is 0 Å². The molecule has 1 aliphatic heterocycles. The first-order chi connectivity index (χ1) is 11.3. The summed E-state index contributed by atoms with van der Waals surface area (Å²) in [4.78, 5) is 37.1. The largest absolute Gasteiger partial charge is 0.452 e. The molecule has 2 atom stereocenters. The van der Waals surface area contributed by atoms with Gasteiger partial charge in [0.1, 0.15) is 0 Å². The molecule has 0 aromatic heterocycles. The third-order valence-corrected chi connectivity index (χ3v) is 3.97. The summed E-state index contributed by atoms with van der Waals surface area (Å²) in [5.41, 5.74) is 0.816. The molecular formula is C18H24N2O4. The van der Waals surface area contributed by atoms with Crippen LogP contribution in [0.5, 0.6) is 0 Å². The van der Waals surface area contributed by atoms with Crippen LogP contribution in [0.25, 0.3) is 0 Å². The maximum atomic E-state index is 12.2. The van der Waals surface area contributed by atoms with Gasteiger partial charge in [-0.25, -0.2) is 4.79 Å². The molecule has 0 aliphatic carbocycles. The number of piperidine rings is 1. The summed E-state index contributed by atoms with van der Waals surface area (Å²) < 4.78 is 5.13. The van der Waals surface area contributed by atoms with Crippen molar-refractivity contribution in [3.8, 4) is 0 Å². The van der Waals surface area contributed by atoms with Crippen molar-refractivity contribution >= 4 is 23.5 Å². The lowest BCUT2D eigenvalue weighted by Gasteiger charge is -2.34. The molecule has 0 saturated carbocycles. The topological polar surface area (TPSA) is 75.7 Å². The molecule has 130 valence electrons. The molecular weight excluding hydrogens is 308 g/mol. The number of nitrogens with one attached hydrogen (secondary N) is 1. The second-order valence-electron chi connectivity index (χ2n) is 6.58. The molecule has 24 heavy (non-hydrogen) atoms. The Bertz CT molecular complexity index is 619. The second-order valence-corrected chi connectivity index (χ2v) is 6.58. The van der Waals surface area contributed by atoms with Gasteiger partial charge in [0.2, 0.25) is 5.91 Å². The molecule has 1 N–H and O–H groups in total. The quantitative estimate of drug-likeness (QED) is 0.859. The fourth-order valence-electron chi connectivity index (χ4n) is 3.10. The van der Waals surface area contributed by atoms with Crippen LogP contribution in [0, 0.1) is 11.8 Å². The molecule has 1 saturated heterocycles. The highest BCUT2D eigenvalue weighted by Crippen LogP contribution is 2.21. The van der Waals surface area contributed by atoms with Crippen molar-refractivity contribution in [2.75, 3.05) is 25.0 Å². The Labute approximate surface area is 142 Å². The van der Waals surface area contributed by atoms with Crippen molar-refractivity contribution in [1.82, 2.24) is 4.90 Å². The van der Waals surface area contributed by atoms with Gasteiger partial charge in [-0.05, 0) is 36.5 Å². The van der Waals surface area contributed by atoms with Crippen LogP contribution in [0.4, 0.5) is 5.69 Å². The number of ether oxygens (including phenoxy) is 1. The Hall–Kier alpha value is -2.37. The summed E-state index contributed by atoms with van der Waals surface area (Å²) in [5, 5.41) is 2.60. The highest BCUT2D eigenvalue weighted by Gasteiger charge is 2.26. The number of benzene rings is 1. The summed E-state index contributed by atoms with van der Waals surface area (Å²) >= 11 is 0. The molecule has 6 heteroatoms. The van der Waals surface area contributed by atoms with E-state index < -0.39 is 5.97 Å². The van der Waals surface area contributed by atoms with E-state index in [0.29, 0.717) is 36.2 Å². The number of amides is 2. The molecule has 1 aromatic carbocycles. The maximum Gasteiger partial charge on any atom is 0.338 e. The van der Waals surface area contributed by atoms with E-state index in [0.717, 1.165) is 6.42 Å². The van der Waals surface area contributed by atoms with Gasteiger partial charge in [0, 0.05) is 25.7 Å². The minimum absolute atomic E-state index is 0.167. The van der Waals surface area contributed by atoms with Crippen molar-refractivity contribution in [2.45, 2.75) is 27.2 Å². The lowest BCUT2D eigenvalue weighted by molar-refractivity contribution is -0.137.